The smallest absolute Gasteiger partial charge is 0.220 e. The fraction of sp³-hybridized carbons (Fsp3) is 0.619. The van der Waals surface area contributed by atoms with Crippen molar-refractivity contribution in [2.45, 2.75) is 52.5 Å². The van der Waals surface area contributed by atoms with Crippen LogP contribution in [-0.2, 0) is 11.3 Å². The number of carbonyl (C=O) groups is 1. The van der Waals surface area contributed by atoms with E-state index in [2.05, 4.69) is 27.0 Å². The standard InChI is InChI=1S/C21H34N4O2.HI/c1-4-22-21(25-15-18-10-9-16(2)13-19(18)27-3)24-12-11-23-20(26)14-17-7-5-6-8-17;/h9-10,13,17H,4-8,11-12,14-15H2,1-3H3,(H,23,26)(H2,22,24,25);1H. The quantitative estimate of drug-likeness (QED) is 0.210. The van der Waals surface area contributed by atoms with E-state index in [1.54, 1.807) is 7.11 Å². The monoisotopic (exact) mass is 502 g/mol. The van der Waals surface area contributed by atoms with Crippen LogP contribution in [0.2, 0.25) is 0 Å². The van der Waals surface area contributed by atoms with Crippen LogP contribution < -0.4 is 20.7 Å². The van der Waals surface area contributed by atoms with Gasteiger partial charge in [0.25, 0.3) is 0 Å². The van der Waals surface area contributed by atoms with Crippen LogP contribution >= 0.6 is 24.0 Å². The number of guanidine groups is 1. The van der Waals surface area contributed by atoms with Crippen molar-refractivity contribution in [2.24, 2.45) is 10.9 Å². The molecule has 1 aromatic rings. The molecule has 0 unspecified atom stereocenters. The highest BCUT2D eigenvalue weighted by atomic mass is 127. The zero-order valence-electron chi connectivity index (χ0n) is 17.3. The Kier molecular flexibility index (Phi) is 11.9. The number of halogens is 1. The van der Waals surface area contributed by atoms with Crippen LogP contribution in [-0.4, -0.2) is 38.6 Å². The maximum atomic E-state index is 12.0. The van der Waals surface area contributed by atoms with Crippen LogP contribution in [0.5, 0.6) is 5.75 Å². The third-order valence-electron chi connectivity index (χ3n) is 4.88. The number of amides is 1. The minimum atomic E-state index is 0. The molecule has 1 aliphatic carbocycles. The number of hydrogen-bond acceptors (Lipinski definition) is 3. The zero-order valence-corrected chi connectivity index (χ0v) is 19.7. The van der Waals surface area contributed by atoms with E-state index in [0.717, 1.165) is 29.4 Å². The summed E-state index contributed by atoms with van der Waals surface area (Å²) in [7, 11) is 1.68. The van der Waals surface area contributed by atoms with Gasteiger partial charge in [0.15, 0.2) is 5.96 Å². The molecule has 7 heteroatoms. The van der Waals surface area contributed by atoms with Crippen LogP contribution in [0.4, 0.5) is 0 Å². The van der Waals surface area contributed by atoms with Crippen molar-refractivity contribution in [3.63, 3.8) is 0 Å². The van der Waals surface area contributed by atoms with Gasteiger partial charge in [0, 0.05) is 31.6 Å². The summed E-state index contributed by atoms with van der Waals surface area (Å²) in [5.41, 5.74) is 2.21. The number of hydrogen-bond donors (Lipinski definition) is 3. The third kappa shape index (κ3) is 8.67. The number of aryl methyl sites for hydroxylation is 1. The molecule has 0 saturated heterocycles. The van der Waals surface area contributed by atoms with Crippen LogP contribution in [0.25, 0.3) is 0 Å². The van der Waals surface area contributed by atoms with Crippen molar-refractivity contribution in [2.75, 3.05) is 26.7 Å². The van der Waals surface area contributed by atoms with Gasteiger partial charge in [-0.2, -0.15) is 0 Å². The molecule has 0 aromatic heterocycles. The molecule has 6 nitrogen and oxygen atoms in total. The van der Waals surface area contributed by atoms with Gasteiger partial charge in [0.1, 0.15) is 5.75 Å². The number of ether oxygens (including phenoxy) is 1. The van der Waals surface area contributed by atoms with Crippen molar-refractivity contribution in [3.8, 4) is 5.75 Å². The van der Waals surface area contributed by atoms with Crippen molar-refractivity contribution in [1.82, 2.24) is 16.0 Å². The van der Waals surface area contributed by atoms with E-state index < -0.39 is 0 Å². The van der Waals surface area contributed by atoms with Gasteiger partial charge < -0.3 is 20.7 Å². The normalized spacial score (nSPS) is 14.3. The molecule has 0 spiro atoms. The first-order valence-electron chi connectivity index (χ1n) is 10.0. The third-order valence-corrected chi connectivity index (χ3v) is 4.88. The minimum absolute atomic E-state index is 0. The fourth-order valence-electron chi connectivity index (χ4n) is 3.42. The van der Waals surface area contributed by atoms with Crippen molar-refractivity contribution < 1.29 is 9.53 Å². The molecule has 1 saturated carbocycles. The van der Waals surface area contributed by atoms with E-state index in [-0.39, 0.29) is 29.9 Å². The number of rotatable bonds is 9. The molecule has 1 amide bonds. The predicted octanol–water partition coefficient (Wildman–Crippen LogP) is 3.37. The summed E-state index contributed by atoms with van der Waals surface area (Å²) in [5.74, 6) is 2.34. The number of nitrogens with zero attached hydrogens (tertiary/aromatic N) is 1. The Bertz CT molecular complexity index is 631. The van der Waals surface area contributed by atoms with Gasteiger partial charge in [-0.05, 0) is 44.2 Å². The Balaban J connectivity index is 0.00000392. The number of carbonyl (C=O) groups excluding carboxylic acids is 1. The zero-order chi connectivity index (χ0) is 19.5. The lowest BCUT2D eigenvalue weighted by molar-refractivity contribution is -0.121. The first-order valence-corrected chi connectivity index (χ1v) is 10.0. The average molecular weight is 502 g/mol. The van der Waals surface area contributed by atoms with E-state index in [1.807, 2.05) is 26.0 Å². The van der Waals surface area contributed by atoms with E-state index in [9.17, 15) is 4.79 Å². The van der Waals surface area contributed by atoms with Crippen molar-refractivity contribution >= 4 is 35.8 Å². The first kappa shape index (κ1) is 24.5. The predicted molar refractivity (Wildman–Crippen MR) is 126 cm³/mol. The summed E-state index contributed by atoms with van der Waals surface area (Å²) >= 11 is 0. The largest absolute Gasteiger partial charge is 0.496 e. The number of nitrogens with one attached hydrogen (secondary N) is 3. The summed E-state index contributed by atoms with van der Waals surface area (Å²) in [4.78, 5) is 16.6. The molecule has 0 heterocycles. The van der Waals surface area contributed by atoms with Crippen molar-refractivity contribution in [1.29, 1.82) is 0 Å². The highest BCUT2D eigenvalue weighted by Gasteiger charge is 2.17. The summed E-state index contributed by atoms with van der Waals surface area (Å²) in [6, 6.07) is 6.13. The van der Waals surface area contributed by atoms with Gasteiger partial charge >= 0.3 is 0 Å². The molecule has 0 aliphatic heterocycles. The Morgan fingerprint density at radius 2 is 1.89 bits per heavy atom. The van der Waals surface area contributed by atoms with Crippen molar-refractivity contribution in [3.05, 3.63) is 29.3 Å². The summed E-state index contributed by atoms with van der Waals surface area (Å²) < 4.78 is 5.44. The molecular formula is C21H35IN4O2. The van der Waals surface area contributed by atoms with Gasteiger partial charge in [-0.15, -0.1) is 24.0 Å². The summed E-state index contributed by atoms with van der Waals surface area (Å²) in [5, 5.41) is 9.51. The van der Waals surface area contributed by atoms with Gasteiger partial charge in [-0.3, -0.25) is 4.79 Å². The van der Waals surface area contributed by atoms with Crippen LogP contribution in [0.1, 0.15) is 50.2 Å². The molecule has 3 N–H and O–H groups in total. The molecule has 158 valence electrons. The molecule has 2 rings (SSSR count). The maximum absolute atomic E-state index is 12.0. The van der Waals surface area contributed by atoms with Crippen LogP contribution in [0, 0.1) is 12.8 Å². The first-order chi connectivity index (χ1) is 13.1. The Hall–Kier alpha value is -1.51. The molecule has 28 heavy (non-hydrogen) atoms. The highest BCUT2D eigenvalue weighted by Crippen LogP contribution is 2.27. The van der Waals surface area contributed by atoms with Gasteiger partial charge in [0.05, 0.1) is 13.7 Å². The molecule has 1 fully saturated rings. The second kappa shape index (κ2) is 13.6. The Morgan fingerprint density at radius 1 is 1.18 bits per heavy atom. The second-order valence-corrected chi connectivity index (χ2v) is 7.14. The second-order valence-electron chi connectivity index (χ2n) is 7.14. The van der Waals surface area contributed by atoms with E-state index >= 15 is 0 Å². The van der Waals surface area contributed by atoms with Gasteiger partial charge in [-0.1, -0.05) is 25.0 Å². The average Bonchev–Trinajstić information content (AvgIpc) is 3.16. The lowest BCUT2D eigenvalue weighted by Crippen LogP contribution is -2.41. The minimum Gasteiger partial charge on any atom is -0.496 e. The number of aliphatic imine (C=N–C) groups is 1. The Labute approximate surface area is 186 Å². The topological polar surface area (TPSA) is 74.8 Å². The molecule has 0 bridgehead atoms. The van der Waals surface area contributed by atoms with Crippen LogP contribution in [0.15, 0.2) is 23.2 Å². The molecule has 1 aromatic carbocycles. The summed E-state index contributed by atoms with van der Waals surface area (Å²) in [6.45, 7) is 6.64. The van der Waals surface area contributed by atoms with E-state index in [0.29, 0.717) is 32.0 Å². The number of benzene rings is 1. The highest BCUT2D eigenvalue weighted by molar-refractivity contribution is 14.0. The van der Waals surface area contributed by atoms with E-state index in [1.165, 1.54) is 25.7 Å². The lowest BCUT2D eigenvalue weighted by Gasteiger charge is -2.13. The number of methoxy groups -OCH3 is 1. The summed E-state index contributed by atoms with van der Waals surface area (Å²) in [6.07, 6.45) is 5.61. The molecule has 0 radical (unpaired) electrons. The Morgan fingerprint density at radius 3 is 2.57 bits per heavy atom. The SMILES string of the molecule is CCNC(=NCc1ccc(C)cc1OC)NCCNC(=O)CC1CCCC1.I. The van der Waals surface area contributed by atoms with Gasteiger partial charge in [-0.25, -0.2) is 4.99 Å². The maximum Gasteiger partial charge on any atom is 0.220 e. The van der Waals surface area contributed by atoms with Crippen LogP contribution in [0.3, 0.4) is 0 Å². The van der Waals surface area contributed by atoms with Gasteiger partial charge in [0.2, 0.25) is 5.91 Å². The van der Waals surface area contributed by atoms with E-state index in [4.69, 9.17) is 4.74 Å². The fourth-order valence-corrected chi connectivity index (χ4v) is 3.42. The molecule has 0 atom stereocenters. The lowest BCUT2D eigenvalue weighted by atomic mass is 10.0. The molecule has 1 aliphatic rings. The molecular weight excluding hydrogens is 467 g/mol.